The summed E-state index contributed by atoms with van der Waals surface area (Å²) in [5.41, 5.74) is 2.52. The zero-order valence-electron chi connectivity index (χ0n) is 16.8. The SMILES string of the molecule is CCOc1ccc(OCC(=O)OC)cc1C=C1C(=O)Nc2cc(C(=O)OC)ccc21. The molecule has 0 atom stereocenters. The number of esters is 2. The Hall–Kier alpha value is -3.81. The molecule has 2 aromatic carbocycles. The lowest BCUT2D eigenvalue weighted by Crippen LogP contribution is -2.12. The number of carbonyl (C=O) groups is 3. The van der Waals surface area contributed by atoms with Crippen molar-refractivity contribution < 1.29 is 33.3 Å². The number of amides is 1. The minimum absolute atomic E-state index is 0.236. The summed E-state index contributed by atoms with van der Waals surface area (Å²) in [7, 11) is 2.57. The Morgan fingerprint density at radius 2 is 1.83 bits per heavy atom. The van der Waals surface area contributed by atoms with Crippen LogP contribution in [0.3, 0.4) is 0 Å². The minimum atomic E-state index is -0.505. The molecule has 0 aliphatic carbocycles. The van der Waals surface area contributed by atoms with Gasteiger partial charge in [-0.2, -0.15) is 0 Å². The number of nitrogens with one attached hydrogen (secondary N) is 1. The molecule has 0 radical (unpaired) electrons. The van der Waals surface area contributed by atoms with E-state index in [1.165, 1.54) is 14.2 Å². The molecule has 0 unspecified atom stereocenters. The predicted molar refractivity (Wildman–Crippen MR) is 109 cm³/mol. The standard InChI is InChI=1S/C22H21NO7/c1-4-29-19-8-6-15(30-12-20(24)27-2)9-14(19)10-17-16-7-5-13(22(26)28-3)11-18(16)23-21(17)25/h5-11H,4,12H2,1-3H3,(H,23,25). The number of rotatable bonds is 7. The Morgan fingerprint density at radius 1 is 1.03 bits per heavy atom. The van der Waals surface area contributed by atoms with E-state index in [0.717, 1.165) is 0 Å². The molecule has 1 N–H and O–H groups in total. The number of hydrogen-bond acceptors (Lipinski definition) is 7. The lowest BCUT2D eigenvalue weighted by molar-refractivity contribution is -0.142. The number of methoxy groups -OCH3 is 2. The third-order valence-electron chi connectivity index (χ3n) is 4.39. The molecule has 0 spiro atoms. The monoisotopic (exact) mass is 411 g/mol. The van der Waals surface area contributed by atoms with Gasteiger partial charge in [0, 0.05) is 22.4 Å². The van der Waals surface area contributed by atoms with Crippen LogP contribution >= 0.6 is 0 Å². The summed E-state index contributed by atoms with van der Waals surface area (Å²) in [6.45, 7) is 2.05. The van der Waals surface area contributed by atoms with E-state index in [1.807, 2.05) is 6.92 Å². The molecular formula is C22H21NO7. The quantitative estimate of drug-likeness (QED) is 0.552. The van der Waals surface area contributed by atoms with Crippen molar-refractivity contribution in [2.75, 3.05) is 32.8 Å². The molecule has 1 heterocycles. The van der Waals surface area contributed by atoms with Crippen LogP contribution in [0.1, 0.15) is 28.4 Å². The van der Waals surface area contributed by atoms with Gasteiger partial charge in [-0.3, -0.25) is 4.79 Å². The first-order chi connectivity index (χ1) is 14.5. The Kier molecular flexibility index (Phi) is 6.36. The van der Waals surface area contributed by atoms with Gasteiger partial charge in [0.25, 0.3) is 5.91 Å². The number of carbonyl (C=O) groups excluding carboxylic acids is 3. The Bertz CT molecular complexity index is 1030. The van der Waals surface area contributed by atoms with Crippen LogP contribution in [0.25, 0.3) is 11.6 Å². The topological polar surface area (TPSA) is 100 Å². The van der Waals surface area contributed by atoms with Gasteiger partial charge in [0.2, 0.25) is 0 Å². The van der Waals surface area contributed by atoms with Gasteiger partial charge in [-0.25, -0.2) is 9.59 Å². The Labute approximate surface area is 173 Å². The van der Waals surface area contributed by atoms with Gasteiger partial charge in [-0.15, -0.1) is 0 Å². The summed E-state index contributed by atoms with van der Waals surface area (Å²) in [6.07, 6.45) is 1.68. The first kappa shape index (κ1) is 20.9. The summed E-state index contributed by atoms with van der Waals surface area (Å²) < 4.78 is 20.4. The van der Waals surface area contributed by atoms with Gasteiger partial charge in [0.15, 0.2) is 6.61 Å². The predicted octanol–water partition coefficient (Wildman–Crippen LogP) is 2.92. The van der Waals surface area contributed by atoms with Crippen molar-refractivity contribution in [2.24, 2.45) is 0 Å². The maximum Gasteiger partial charge on any atom is 0.343 e. The fourth-order valence-corrected chi connectivity index (χ4v) is 2.96. The van der Waals surface area contributed by atoms with Crippen molar-refractivity contribution in [3.8, 4) is 11.5 Å². The van der Waals surface area contributed by atoms with E-state index in [0.29, 0.717) is 46.1 Å². The van der Waals surface area contributed by atoms with Gasteiger partial charge in [0.1, 0.15) is 11.5 Å². The summed E-state index contributed by atoms with van der Waals surface area (Å²) in [6, 6.07) is 9.90. The molecule has 156 valence electrons. The smallest absolute Gasteiger partial charge is 0.343 e. The normalized spacial score (nSPS) is 13.4. The first-order valence-corrected chi connectivity index (χ1v) is 9.19. The molecule has 1 aliphatic heterocycles. The highest BCUT2D eigenvalue weighted by Crippen LogP contribution is 2.36. The Morgan fingerprint density at radius 3 is 2.53 bits per heavy atom. The largest absolute Gasteiger partial charge is 0.493 e. The Balaban J connectivity index is 1.98. The maximum atomic E-state index is 12.6. The van der Waals surface area contributed by atoms with E-state index >= 15 is 0 Å². The number of benzene rings is 2. The lowest BCUT2D eigenvalue weighted by atomic mass is 10.0. The van der Waals surface area contributed by atoms with Crippen molar-refractivity contribution in [1.29, 1.82) is 0 Å². The van der Waals surface area contributed by atoms with Crippen molar-refractivity contribution in [1.82, 2.24) is 0 Å². The van der Waals surface area contributed by atoms with Gasteiger partial charge >= 0.3 is 11.9 Å². The van der Waals surface area contributed by atoms with Crippen LogP contribution in [0.4, 0.5) is 5.69 Å². The zero-order chi connectivity index (χ0) is 21.7. The summed E-state index contributed by atoms with van der Waals surface area (Å²) in [5.74, 6) is -0.318. The highest BCUT2D eigenvalue weighted by atomic mass is 16.6. The molecule has 1 amide bonds. The number of ether oxygens (including phenoxy) is 4. The molecule has 0 fully saturated rings. The fourth-order valence-electron chi connectivity index (χ4n) is 2.96. The summed E-state index contributed by atoms with van der Waals surface area (Å²) >= 11 is 0. The van der Waals surface area contributed by atoms with E-state index in [9.17, 15) is 14.4 Å². The average Bonchev–Trinajstić information content (AvgIpc) is 3.07. The summed E-state index contributed by atoms with van der Waals surface area (Å²) in [5, 5.41) is 2.75. The van der Waals surface area contributed by atoms with Crippen LogP contribution in [-0.4, -0.2) is 45.3 Å². The number of anilines is 1. The van der Waals surface area contributed by atoms with Crippen molar-refractivity contribution in [3.63, 3.8) is 0 Å². The van der Waals surface area contributed by atoms with Crippen LogP contribution in [0, 0.1) is 0 Å². The molecule has 3 rings (SSSR count). The zero-order valence-corrected chi connectivity index (χ0v) is 16.8. The van der Waals surface area contributed by atoms with Crippen LogP contribution in [0.5, 0.6) is 11.5 Å². The van der Waals surface area contributed by atoms with Crippen LogP contribution < -0.4 is 14.8 Å². The van der Waals surface area contributed by atoms with Gasteiger partial charge in [-0.05, 0) is 43.3 Å². The molecule has 0 saturated heterocycles. The molecular weight excluding hydrogens is 390 g/mol. The first-order valence-electron chi connectivity index (χ1n) is 9.19. The minimum Gasteiger partial charge on any atom is -0.493 e. The molecule has 0 aromatic heterocycles. The fraction of sp³-hybridized carbons (Fsp3) is 0.227. The van der Waals surface area contributed by atoms with Crippen molar-refractivity contribution >= 4 is 35.2 Å². The van der Waals surface area contributed by atoms with Crippen molar-refractivity contribution in [3.05, 3.63) is 53.1 Å². The van der Waals surface area contributed by atoms with E-state index in [4.69, 9.17) is 14.2 Å². The van der Waals surface area contributed by atoms with E-state index < -0.39 is 11.9 Å². The van der Waals surface area contributed by atoms with Gasteiger partial charge in [0.05, 0.1) is 26.4 Å². The second-order valence-electron chi connectivity index (χ2n) is 6.26. The van der Waals surface area contributed by atoms with E-state index in [1.54, 1.807) is 42.5 Å². The molecule has 30 heavy (non-hydrogen) atoms. The maximum absolute atomic E-state index is 12.6. The molecule has 8 nitrogen and oxygen atoms in total. The molecule has 2 aromatic rings. The van der Waals surface area contributed by atoms with Gasteiger partial charge < -0.3 is 24.3 Å². The van der Waals surface area contributed by atoms with E-state index in [-0.39, 0.29) is 12.5 Å². The van der Waals surface area contributed by atoms with Crippen LogP contribution in [0.15, 0.2) is 36.4 Å². The van der Waals surface area contributed by atoms with E-state index in [2.05, 4.69) is 10.1 Å². The third kappa shape index (κ3) is 4.43. The van der Waals surface area contributed by atoms with Crippen molar-refractivity contribution in [2.45, 2.75) is 6.92 Å². The second kappa shape index (κ2) is 9.13. The van der Waals surface area contributed by atoms with Gasteiger partial charge in [-0.1, -0.05) is 6.07 Å². The highest BCUT2D eigenvalue weighted by molar-refractivity contribution is 6.35. The highest BCUT2D eigenvalue weighted by Gasteiger charge is 2.26. The molecule has 8 heteroatoms. The third-order valence-corrected chi connectivity index (χ3v) is 4.39. The lowest BCUT2D eigenvalue weighted by Gasteiger charge is -2.11. The summed E-state index contributed by atoms with van der Waals surface area (Å²) in [4.78, 5) is 35.6. The molecule has 0 bridgehead atoms. The second-order valence-corrected chi connectivity index (χ2v) is 6.26. The average molecular weight is 411 g/mol. The molecule has 0 saturated carbocycles. The number of fused-ring (bicyclic) bond motifs is 1. The van der Waals surface area contributed by atoms with Crippen LogP contribution in [0.2, 0.25) is 0 Å². The van der Waals surface area contributed by atoms with Crippen LogP contribution in [-0.2, 0) is 19.1 Å². The molecule has 1 aliphatic rings. The number of hydrogen-bond donors (Lipinski definition) is 1.